The van der Waals surface area contributed by atoms with E-state index in [-0.39, 0.29) is 6.10 Å². The maximum absolute atomic E-state index is 5.68. The van der Waals surface area contributed by atoms with Crippen LogP contribution in [0, 0.1) is 0 Å². The predicted octanol–water partition coefficient (Wildman–Crippen LogP) is 1.33. The van der Waals surface area contributed by atoms with Gasteiger partial charge in [-0.05, 0) is 32.2 Å². The first-order valence-electron chi connectivity index (χ1n) is 6.96. The van der Waals surface area contributed by atoms with Crippen molar-refractivity contribution in [3.05, 3.63) is 10.8 Å². The molecule has 1 N–H and O–H groups in total. The molecule has 0 saturated carbocycles. The van der Waals surface area contributed by atoms with Gasteiger partial charge in [0.05, 0.1) is 0 Å². The average molecular weight is 279 g/mol. The van der Waals surface area contributed by atoms with Crippen LogP contribution >= 0.6 is 11.3 Å². The van der Waals surface area contributed by atoms with E-state index in [4.69, 9.17) is 4.74 Å². The van der Waals surface area contributed by atoms with Gasteiger partial charge in [-0.1, -0.05) is 11.3 Å². The molecule has 0 amide bonds. The third kappa shape index (κ3) is 2.15. The van der Waals surface area contributed by atoms with Gasteiger partial charge >= 0.3 is 0 Å². The fourth-order valence-electron chi connectivity index (χ4n) is 2.88. The molecule has 0 radical (unpaired) electrons. The van der Waals surface area contributed by atoms with Crippen LogP contribution in [0.25, 0.3) is 4.96 Å². The third-order valence-electron chi connectivity index (χ3n) is 3.86. The zero-order valence-electron chi connectivity index (χ0n) is 10.7. The Morgan fingerprint density at radius 2 is 2.32 bits per heavy atom. The van der Waals surface area contributed by atoms with E-state index in [1.54, 1.807) is 11.3 Å². The van der Waals surface area contributed by atoms with Crippen LogP contribution in [-0.4, -0.2) is 39.0 Å². The molecular weight excluding hydrogens is 262 g/mol. The smallest absolute Gasteiger partial charge is 0.234 e. The molecule has 4 heterocycles. The number of hydrogen-bond acceptors (Lipinski definition) is 6. The minimum absolute atomic E-state index is 0.0783. The number of hydrogen-bond donors (Lipinski definition) is 1. The number of fused-ring (bicyclic) bond motifs is 1. The largest absolute Gasteiger partial charge is 0.370 e. The molecule has 2 aliphatic rings. The molecular formula is C12H17N5OS. The van der Waals surface area contributed by atoms with E-state index in [0.717, 1.165) is 48.2 Å². The highest BCUT2D eigenvalue weighted by Gasteiger charge is 2.25. The number of ether oxygens (including phenoxy) is 1. The van der Waals surface area contributed by atoms with Gasteiger partial charge in [-0.15, -0.1) is 10.2 Å². The lowest BCUT2D eigenvalue weighted by atomic mass is 10.2. The van der Waals surface area contributed by atoms with Gasteiger partial charge in [0.2, 0.25) is 4.96 Å². The van der Waals surface area contributed by atoms with E-state index in [9.17, 15) is 0 Å². The van der Waals surface area contributed by atoms with E-state index in [1.165, 1.54) is 12.8 Å². The molecule has 2 aromatic heterocycles. The highest BCUT2D eigenvalue weighted by atomic mass is 32.1. The Hall–Kier alpha value is -1.05. The first-order valence-corrected chi connectivity index (χ1v) is 7.78. The Morgan fingerprint density at radius 1 is 1.32 bits per heavy atom. The van der Waals surface area contributed by atoms with Crippen molar-refractivity contribution in [1.29, 1.82) is 0 Å². The fraction of sp³-hybridized carbons (Fsp3) is 0.750. The van der Waals surface area contributed by atoms with Crippen molar-refractivity contribution in [2.24, 2.45) is 0 Å². The van der Waals surface area contributed by atoms with Crippen molar-refractivity contribution in [2.75, 3.05) is 13.2 Å². The molecule has 19 heavy (non-hydrogen) atoms. The minimum atomic E-state index is 0.0783. The summed E-state index contributed by atoms with van der Waals surface area (Å²) in [6, 6.07) is 0.579. The molecule has 2 aromatic rings. The molecule has 4 rings (SSSR count). The molecule has 0 bridgehead atoms. The molecule has 2 atom stereocenters. The zero-order chi connectivity index (χ0) is 12.7. The molecule has 2 aliphatic heterocycles. The second kappa shape index (κ2) is 4.81. The van der Waals surface area contributed by atoms with E-state index in [0.29, 0.717) is 6.04 Å². The van der Waals surface area contributed by atoms with Crippen LogP contribution in [0.1, 0.15) is 42.6 Å². The molecule has 6 nitrogen and oxygen atoms in total. The maximum atomic E-state index is 5.68. The Morgan fingerprint density at radius 3 is 3.11 bits per heavy atom. The average Bonchev–Trinajstić information content (AvgIpc) is 3.12. The standard InChI is InChI=1S/C12H17N5OS/c1-3-8(13-5-1)7-10-16-17-11(9-4-2-6-18-9)14-15-12(17)19-10/h8-9,13H,1-7H2. The van der Waals surface area contributed by atoms with Crippen LogP contribution in [-0.2, 0) is 11.2 Å². The normalized spacial score (nSPS) is 27.6. The molecule has 2 saturated heterocycles. The first-order chi connectivity index (χ1) is 9.40. The third-order valence-corrected chi connectivity index (χ3v) is 4.78. The fourth-order valence-corrected chi connectivity index (χ4v) is 3.80. The van der Waals surface area contributed by atoms with Gasteiger partial charge in [-0.25, -0.2) is 0 Å². The van der Waals surface area contributed by atoms with Gasteiger partial charge in [0.1, 0.15) is 11.1 Å². The second-order valence-electron chi connectivity index (χ2n) is 5.25. The number of nitrogens with zero attached hydrogens (tertiary/aromatic N) is 4. The molecule has 0 aromatic carbocycles. The first kappa shape index (κ1) is 11.7. The lowest BCUT2D eigenvalue weighted by Crippen LogP contribution is -2.23. The SMILES string of the molecule is C1CNC(Cc2nn3c(C4CCCO4)nnc3s2)C1. The van der Waals surface area contributed by atoms with Crippen molar-refractivity contribution >= 4 is 16.3 Å². The molecule has 2 fully saturated rings. The van der Waals surface area contributed by atoms with Gasteiger partial charge < -0.3 is 10.1 Å². The Bertz CT molecular complexity index is 568. The highest BCUT2D eigenvalue weighted by molar-refractivity contribution is 7.16. The van der Waals surface area contributed by atoms with Crippen LogP contribution in [0.4, 0.5) is 0 Å². The number of aromatic nitrogens is 4. The van der Waals surface area contributed by atoms with Crippen molar-refractivity contribution in [2.45, 2.75) is 44.2 Å². The Kier molecular flexibility index (Phi) is 2.97. The topological polar surface area (TPSA) is 64.3 Å². The summed E-state index contributed by atoms with van der Waals surface area (Å²) in [7, 11) is 0. The van der Waals surface area contributed by atoms with Crippen molar-refractivity contribution in [3.8, 4) is 0 Å². The minimum Gasteiger partial charge on any atom is -0.370 e. The summed E-state index contributed by atoms with van der Waals surface area (Å²) < 4.78 is 7.56. The van der Waals surface area contributed by atoms with Gasteiger partial charge in [-0.3, -0.25) is 0 Å². The quantitative estimate of drug-likeness (QED) is 0.918. The van der Waals surface area contributed by atoms with Crippen LogP contribution in [0.15, 0.2) is 0 Å². The van der Waals surface area contributed by atoms with Gasteiger partial charge in [-0.2, -0.15) is 9.61 Å². The summed E-state index contributed by atoms with van der Waals surface area (Å²) in [6.45, 7) is 1.96. The molecule has 7 heteroatoms. The summed E-state index contributed by atoms with van der Waals surface area (Å²) >= 11 is 1.65. The van der Waals surface area contributed by atoms with Gasteiger partial charge in [0.25, 0.3) is 0 Å². The molecule has 0 spiro atoms. The van der Waals surface area contributed by atoms with E-state index in [1.807, 2.05) is 4.52 Å². The van der Waals surface area contributed by atoms with E-state index in [2.05, 4.69) is 20.6 Å². The Labute approximate surface area is 115 Å². The van der Waals surface area contributed by atoms with E-state index >= 15 is 0 Å². The predicted molar refractivity (Wildman–Crippen MR) is 71.3 cm³/mol. The molecule has 102 valence electrons. The lowest BCUT2D eigenvalue weighted by molar-refractivity contribution is 0.103. The molecule has 2 unspecified atom stereocenters. The van der Waals surface area contributed by atoms with Crippen LogP contribution in [0.5, 0.6) is 0 Å². The van der Waals surface area contributed by atoms with Crippen molar-refractivity contribution < 1.29 is 4.74 Å². The summed E-state index contributed by atoms with van der Waals surface area (Å²) in [5.41, 5.74) is 0. The van der Waals surface area contributed by atoms with Gasteiger partial charge in [0, 0.05) is 19.1 Å². The van der Waals surface area contributed by atoms with Crippen LogP contribution in [0.2, 0.25) is 0 Å². The van der Waals surface area contributed by atoms with Gasteiger partial charge in [0.15, 0.2) is 5.82 Å². The summed E-state index contributed by atoms with van der Waals surface area (Å²) in [5.74, 6) is 0.870. The molecule has 0 aliphatic carbocycles. The summed E-state index contributed by atoms with van der Waals surface area (Å²) in [6.07, 6.45) is 5.73. The van der Waals surface area contributed by atoms with Crippen molar-refractivity contribution in [3.63, 3.8) is 0 Å². The lowest BCUT2D eigenvalue weighted by Gasteiger charge is -2.06. The number of nitrogens with one attached hydrogen (secondary N) is 1. The second-order valence-corrected chi connectivity index (χ2v) is 6.29. The highest BCUT2D eigenvalue weighted by Crippen LogP contribution is 2.28. The maximum Gasteiger partial charge on any atom is 0.234 e. The van der Waals surface area contributed by atoms with E-state index < -0.39 is 0 Å². The summed E-state index contributed by atoms with van der Waals surface area (Å²) in [4.78, 5) is 0.887. The van der Waals surface area contributed by atoms with Crippen LogP contribution in [0.3, 0.4) is 0 Å². The van der Waals surface area contributed by atoms with Crippen LogP contribution < -0.4 is 5.32 Å². The monoisotopic (exact) mass is 279 g/mol. The van der Waals surface area contributed by atoms with Crippen molar-refractivity contribution in [1.82, 2.24) is 25.1 Å². The number of rotatable bonds is 3. The Balaban J connectivity index is 1.60. The zero-order valence-corrected chi connectivity index (χ0v) is 11.5. The summed E-state index contributed by atoms with van der Waals surface area (Å²) in [5, 5.41) is 17.8.